The van der Waals surface area contributed by atoms with Crippen LogP contribution in [0.25, 0.3) is 10.8 Å². The number of pyridine rings is 1. The number of halogens is 1. The third-order valence-electron chi connectivity index (χ3n) is 4.90. The maximum absolute atomic E-state index is 13.0. The summed E-state index contributed by atoms with van der Waals surface area (Å²) < 4.78 is 5.45. The number of carbonyl (C=O) groups is 1. The highest BCUT2D eigenvalue weighted by Crippen LogP contribution is 2.29. The van der Waals surface area contributed by atoms with Crippen LogP contribution >= 0.6 is 11.6 Å². The van der Waals surface area contributed by atoms with Gasteiger partial charge in [-0.15, -0.1) is 0 Å². The predicted molar refractivity (Wildman–Crippen MR) is 127 cm³/mol. The molecule has 4 rings (SSSR count). The van der Waals surface area contributed by atoms with Gasteiger partial charge in [-0.05, 0) is 61.2 Å². The summed E-state index contributed by atoms with van der Waals surface area (Å²) in [5, 5.41) is 8.57. The van der Waals surface area contributed by atoms with Gasteiger partial charge in [-0.25, -0.2) is 4.98 Å². The van der Waals surface area contributed by atoms with Gasteiger partial charge in [0.2, 0.25) is 0 Å². The molecule has 0 bridgehead atoms. The molecule has 1 amide bonds. The zero-order valence-electron chi connectivity index (χ0n) is 17.3. The number of aromatic nitrogens is 1. The molecule has 1 heterocycles. The molecule has 0 aliphatic carbocycles. The average Bonchev–Trinajstić information content (AvgIpc) is 2.78. The van der Waals surface area contributed by atoms with E-state index in [1.54, 1.807) is 6.20 Å². The van der Waals surface area contributed by atoms with E-state index in [0.29, 0.717) is 28.7 Å². The lowest BCUT2D eigenvalue weighted by Gasteiger charge is -2.13. The molecule has 0 spiro atoms. The Balaban J connectivity index is 1.62. The lowest BCUT2D eigenvalue weighted by molar-refractivity contribution is 0.102. The molecule has 0 saturated heterocycles. The molecule has 156 valence electrons. The number of hydrogen-bond acceptors (Lipinski definition) is 4. The number of fused-ring (bicyclic) bond motifs is 1. The number of rotatable bonds is 6. The van der Waals surface area contributed by atoms with Crippen LogP contribution < -0.4 is 15.4 Å². The summed E-state index contributed by atoms with van der Waals surface area (Å²) in [6.07, 6.45) is 1.59. The molecule has 5 nitrogen and oxygen atoms in total. The number of ether oxygens (including phenoxy) is 1. The Hall–Kier alpha value is -3.57. The summed E-state index contributed by atoms with van der Waals surface area (Å²) in [5.74, 6) is 1.20. The van der Waals surface area contributed by atoms with E-state index in [4.69, 9.17) is 16.3 Å². The molecule has 0 fully saturated rings. The average molecular weight is 432 g/mol. The van der Waals surface area contributed by atoms with Crippen LogP contribution in [0.2, 0.25) is 5.02 Å². The van der Waals surface area contributed by atoms with Gasteiger partial charge < -0.3 is 15.4 Å². The van der Waals surface area contributed by atoms with Crippen LogP contribution in [-0.4, -0.2) is 17.5 Å². The molecule has 0 radical (unpaired) electrons. The van der Waals surface area contributed by atoms with Crippen LogP contribution in [0, 0.1) is 6.92 Å². The van der Waals surface area contributed by atoms with Crippen molar-refractivity contribution in [1.29, 1.82) is 0 Å². The summed E-state index contributed by atoms with van der Waals surface area (Å²) in [5.41, 5.74) is 3.03. The Labute approximate surface area is 186 Å². The Kier molecular flexibility index (Phi) is 6.05. The van der Waals surface area contributed by atoms with Gasteiger partial charge in [-0.1, -0.05) is 41.9 Å². The van der Waals surface area contributed by atoms with Crippen molar-refractivity contribution in [2.45, 2.75) is 13.8 Å². The fourth-order valence-electron chi connectivity index (χ4n) is 3.28. The fraction of sp³-hybridized carbons (Fsp3) is 0.120. The van der Waals surface area contributed by atoms with Crippen molar-refractivity contribution in [2.75, 3.05) is 17.2 Å². The third-order valence-corrected chi connectivity index (χ3v) is 5.30. The van der Waals surface area contributed by atoms with Crippen LogP contribution in [0.15, 0.2) is 72.9 Å². The first-order chi connectivity index (χ1) is 15.0. The van der Waals surface area contributed by atoms with E-state index in [1.165, 1.54) is 0 Å². The van der Waals surface area contributed by atoms with Gasteiger partial charge in [0.1, 0.15) is 11.6 Å². The van der Waals surface area contributed by atoms with E-state index in [9.17, 15) is 4.79 Å². The highest BCUT2D eigenvalue weighted by Gasteiger charge is 2.14. The molecule has 6 heteroatoms. The van der Waals surface area contributed by atoms with Crippen molar-refractivity contribution in [2.24, 2.45) is 0 Å². The summed E-state index contributed by atoms with van der Waals surface area (Å²) in [7, 11) is 0. The Bertz CT molecular complexity index is 1240. The van der Waals surface area contributed by atoms with Gasteiger partial charge in [0.15, 0.2) is 0 Å². The molecular formula is C25H22ClN3O2. The highest BCUT2D eigenvalue weighted by atomic mass is 35.5. The van der Waals surface area contributed by atoms with Gasteiger partial charge in [0.05, 0.1) is 12.2 Å². The van der Waals surface area contributed by atoms with Gasteiger partial charge in [-0.3, -0.25) is 4.79 Å². The van der Waals surface area contributed by atoms with Crippen LogP contribution in [0.4, 0.5) is 17.2 Å². The summed E-state index contributed by atoms with van der Waals surface area (Å²) >= 11 is 6.25. The van der Waals surface area contributed by atoms with Gasteiger partial charge >= 0.3 is 0 Å². The second-order valence-corrected chi connectivity index (χ2v) is 7.47. The van der Waals surface area contributed by atoms with E-state index < -0.39 is 0 Å². The maximum Gasteiger partial charge on any atom is 0.257 e. The molecule has 0 unspecified atom stereocenters. The Morgan fingerprint density at radius 3 is 2.42 bits per heavy atom. The minimum Gasteiger partial charge on any atom is -0.494 e. The van der Waals surface area contributed by atoms with Crippen LogP contribution in [0.3, 0.4) is 0 Å². The van der Waals surface area contributed by atoms with Gasteiger partial charge in [-0.2, -0.15) is 0 Å². The Morgan fingerprint density at radius 2 is 1.71 bits per heavy atom. The number of anilines is 3. The minimum absolute atomic E-state index is 0.224. The Morgan fingerprint density at radius 1 is 1.00 bits per heavy atom. The smallest absolute Gasteiger partial charge is 0.257 e. The maximum atomic E-state index is 13.0. The third kappa shape index (κ3) is 4.62. The van der Waals surface area contributed by atoms with Gasteiger partial charge in [0, 0.05) is 28.0 Å². The van der Waals surface area contributed by atoms with Crippen molar-refractivity contribution in [3.8, 4) is 5.75 Å². The SMILES string of the molecule is CCOc1ccc(NC(=O)c2cnc(Nc3ccc(C)c(Cl)c3)c3ccccc23)cc1. The molecule has 4 aromatic rings. The van der Waals surface area contributed by atoms with Crippen LogP contribution in [0.5, 0.6) is 5.75 Å². The zero-order valence-corrected chi connectivity index (χ0v) is 18.0. The first kappa shape index (κ1) is 20.7. The molecular weight excluding hydrogens is 410 g/mol. The van der Waals surface area contributed by atoms with E-state index in [2.05, 4.69) is 15.6 Å². The second-order valence-electron chi connectivity index (χ2n) is 7.07. The van der Waals surface area contributed by atoms with Crippen molar-refractivity contribution in [3.05, 3.63) is 89.1 Å². The molecule has 0 atom stereocenters. The predicted octanol–water partition coefficient (Wildman–Crippen LogP) is 6.59. The molecule has 3 aromatic carbocycles. The first-order valence-corrected chi connectivity index (χ1v) is 10.4. The van der Waals surface area contributed by atoms with Crippen molar-refractivity contribution >= 4 is 45.5 Å². The quantitative estimate of drug-likeness (QED) is 0.361. The normalized spacial score (nSPS) is 10.7. The largest absolute Gasteiger partial charge is 0.494 e. The van der Waals surface area contributed by atoms with E-state index in [-0.39, 0.29) is 5.91 Å². The first-order valence-electron chi connectivity index (χ1n) is 10.0. The minimum atomic E-state index is -0.224. The molecule has 2 N–H and O–H groups in total. The lowest BCUT2D eigenvalue weighted by atomic mass is 10.1. The summed E-state index contributed by atoms with van der Waals surface area (Å²) in [6, 6.07) is 20.7. The van der Waals surface area contributed by atoms with Crippen molar-refractivity contribution < 1.29 is 9.53 Å². The van der Waals surface area contributed by atoms with Crippen LogP contribution in [-0.2, 0) is 0 Å². The molecule has 0 aliphatic heterocycles. The number of nitrogens with zero attached hydrogens (tertiary/aromatic N) is 1. The monoisotopic (exact) mass is 431 g/mol. The zero-order chi connectivity index (χ0) is 21.8. The van der Waals surface area contributed by atoms with E-state index >= 15 is 0 Å². The number of carbonyl (C=O) groups excluding carboxylic acids is 1. The van der Waals surface area contributed by atoms with Crippen molar-refractivity contribution in [3.63, 3.8) is 0 Å². The number of nitrogens with one attached hydrogen (secondary N) is 2. The second kappa shape index (κ2) is 9.06. The van der Waals surface area contributed by atoms with Gasteiger partial charge in [0.25, 0.3) is 5.91 Å². The summed E-state index contributed by atoms with van der Waals surface area (Å²) in [6.45, 7) is 4.48. The van der Waals surface area contributed by atoms with Crippen molar-refractivity contribution in [1.82, 2.24) is 4.98 Å². The summed E-state index contributed by atoms with van der Waals surface area (Å²) in [4.78, 5) is 17.5. The fourth-order valence-corrected chi connectivity index (χ4v) is 3.46. The molecule has 31 heavy (non-hydrogen) atoms. The number of hydrogen-bond donors (Lipinski definition) is 2. The topological polar surface area (TPSA) is 63.2 Å². The molecule has 0 aliphatic rings. The molecule has 0 saturated carbocycles. The number of benzene rings is 3. The van der Waals surface area contributed by atoms with E-state index in [1.807, 2.05) is 80.6 Å². The number of aryl methyl sites for hydroxylation is 1. The highest BCUT2D eigenvalue weighted by molar-refractivity contribution is 6.31. The van der Waals surface area contributed by atoms with Crippen LogP contribution in [0.1, 0.15) is 22.8 Å². The number of amides is 1. The standard InChI is InChI=1S/C25H22ClN3O2/c1-3-31-19-12-10-17(11-13-19)29-25(30)22-15-27-24(21-7-5-4-6-20(21)22)28-18-9-8-16(2)23(26)14-18/h4-15H,3H2,1-2H3,(H,27,28)(H,29,30). The van der Waals surface area contributed by atoms with E-state index in [0.717, 1.165) is 27.8 Å². The lowest BCUT2D eigenvalue weighted by Crippen LogP contribution is -2.13. The molecule has 1 aromatic heterocycles.